The summed E-state index contributed by atoms with van der Waals surface area (Å²) in [5, 5.41) is 5.74. The Morgan fingerprint density at radius 1 is 1.08 bits per heavy atom. The molecule has 0 aromatic heterocycles. The largest absolute Gasteiger partial charge is 0.484 e. The molecule has 26 heavy (non-hydrogen) atoms. The minimum absolute atomic E-state index is 0.0321. The molecule has 0 unspecified atom stereocenters. The molecule has 0 radical (unpaired) electrons. The van der Waals surface area contributed by atoms with Crippen LogP contribution in [0.25, 0.3) is 0 Å². The number of carbonyl (C=O) groups is 2. The molecule has 136 valence electrons. The zero-order valence-electron chi connectivity index (χ0n) is 14.5. The summed E-state index contributed by atoms with van der Waals surface area (Å²) in [4.78, 5) is 23.7. The van der Waals surface area contributed by atoms with Gasteiger partial charge in [-0.15, -0.1) is 0 Å². The van der Waals surface area contributed by atoms with E-state index in [1.807, 2.05) is 24.3 Å². The molecule has 0 aliphatic heterocycles. The van der Waals surface area contributed by atoms with E-state index < -0.39 is 0 Å². The fourth-order valence-corrected chi connectivity index (χ4v) is 2.52. The highest BCUT2D eigenvalue weighted by molar-refractivity contribution is 5.99. The minimum Gasteiger partial charge on any atom is -0.484 e. The van der Waals surface area contributed by atoms with Crippen molar-refractivity contribution >= 4 is 17.5 Å². The summed E-state index contributed by atoms with van der Waals surface area (Å²) in [6, 6.07) is 14.9. The number of para-hydroxylation sites is 1. The second-order valence-electron chi connectivity index (χ2n) is 6.37. The van der Waals surface area contributed by atoms with E-state index in [2.05, 4.69) is 10.6 Å². The fourth-order valence-electron chi connectivity index (χ4n) is 2.52. The van der Waals surface area contributed by atoms with E-state index in [1.54, 1.807) is 24.3 Å². The van der Waals surface area contributed by atoms with E-state index >= 15 is 0 Å². The molecule has 6 heteroatoms. The van der Waals surface area contributed by atoms with Crippen LogP contribution in [-0.2, 0) is 11.2 Å². The second kappa shape index (κ2) is 8.38. The Morgan fingerprint density at radius 3 is 2.50 bits per heavy atom. The van der Waals surface area contributed by atoms with E-state index in [-0.39, 0.29) is 18.4 Å². The third kappa shape index (κ3) is 5.24. The lowest BCUT2D eigenvalue weighted by atomic mass is 10.1. The quantitative estimate of drug-likeness (QED) is 0.632. The molecule has 0 spiro atoms. The Hall–Kier alpha value is -3.02. The van der Waals surface area contributed by atoms with E-state index in [0.717, 1.165) is 18.4 Å². The Kier molecular flexibility index (Phi) is 5.73. The molecule has 0 bridgehead atoms. The van der Waals surface area contributed by atoms with Crippen molar-refractivity contribution in [3.8, 4) is 5.75 Å². The molecule has 1 aliphatic rings. The Bertz CT molecular complexity index is 770. The third-order valence-corrected chi connectivity index (χ3v) is 4.14. The molecule has 1 saturated carbocycles. The highest BCUT2D eigenvalue weighted by Gasteiger charge is 2.23. The van der Waals surface area contributed by atoms with Crippen LogP contribution in [-0.4, -0.2) is 31.0 Å². The van der Waals surface area contributed by atoms with E-state index in [1.165, 1.54) is 0 Å². The summed E-state index contributed by atoms with van der Waals surface area (Å²) in [5.41, 5.74) is 7.82. The smallest absolute Gasteiger partial charge is 0.258 e. The van der Waals surface area contributed by atoms with Gasteiger partial charge < -0.3 is 21.1 Å². The predicted molar refractivity (Wildman–Crippen MR) is 100.0 cm³/mol. The van der Waals surface area contributed by atoms with Crippen molar-refractivity contribution in [1.82, 2.24) is 10.6 Å². The zero-order chi connectivity index (χ0) is 18.4. The minimum atomic E-state index is -0.176. The SMILES string of the molecule is Nc1ccccc1C(=O)NCCc1ccc(OCC(=O)NC2CC2)cc1. The topological polar surface area (TPSA) is 93.5 Å². The summed E-state index contributed by atoms with van der Waals surface area (Å²) in [6.07, 6.45) is 2.82. The van der Waals surface area contributed by atoms with Crippen molar-refractivity contribution < 1.29 is 14.3 Å². The first kappa shape index (κ1) is 17.8. The Labute approximate surface area is 152 Å². The van der Waals surface area contributed by atoms with Crippen molar-refractivity contribution in [3.63, 3.8) is 0 Å². The molecule has 2 aromatic rings. The number of nitrogens with one attached hydrogen (secondary N) is 2. The lowest BCUT2D eigenvalue weighted by Crippen LogP contribution is -2.30. The normalized spacial score (nSPS) is 13.1. The molecule has 1 aliphatic carbocycles. The molecule has 0 atom stereocenters. The van der Waals surface area contributed by atoms with Crippen LogP contribution >= 0.6 is 0 Å². The van der Waals surface area contributed by atoms with Crippen molar-refractivity contribution in [2.75, 3.05) is 18.9 Å². The number of ether oxygens (including phenoxy) is 1. The maximum absolute atomic E-state index is 12.1. The lowest BCUT2D eigenvalue weighted by molar-refractivity contribution is -0.123. The van der Waals surface area contributed by atoms with E-state index in [4.69, 9.17) is 10.5 Å². The lowest BCUT2D eigenvalue weighted by Gasteiger charge is -2.09. The average molecular weight is 353 g/mol. The van der Waals surface area contributed by atoms with Gasteiger partial charge in [0.05, 0.1) is 5.56 Å². The van der Waals surface area contributed by atoms with E-state index in [0.29, 0.717) is 36.0 Å². The van der Waals surface area contributed by atoms with Gasteiger partial charge in [-0.3, -0.25) is 9.59 Å². The molecular weight excluding hydrogens is 330 g/mol. The number of carbonyl (C=O) groups excluding carboxylic acids is 2. The molecule has 1 fully saturated rings. The maximum atomic E-state index is 12.1. The Morgan fingerprint density at radius 2 is 1.81 bits per heavy atom. The highest BCUT2D eigenvalue weighted by atomic mass is 16.5. The van der Waals surface area contributed by atoms with E-state index in [9.17, 15) is 9.59 Å². The highest BCUT2D eigenvalue weighted by Crippen LogP contribution is 2.18. The summed E-state index contributed by atoms with van der Waals surface area (Å²) >= 11 is 0. The van der Waals surface area contributed by atoms with Gasteiger partial charge in [0.2, 0.25) is 0 Å². The van der Waals surface area contributed by atoms with Crippen LogP contribution in [0.3, 0.4) is 0 Å². The summed E-state index contributed by atoms with van der Waals surface area (Å²) in [6.45, 7) is 0.543. The van der Waals surface area contributed by atoms with Crippen molar-refractivity contribution in [2.24, 2.45) is 0 Å². The maximum Gasteiger partial charge on any atom is 0.258 e. The number of hydrogen-bond acceptors (Lipinski definition) is 4. The van der Waals surface area contributed by atoms with Gasteiger partial charge in [-0.25, -0.2) is 0 Å². The van der Waals surface area contributed by atoms with Gasteiger partial charge >= 0.3 is 0 Å². The number of rotatable bonds is 8. The van der Waals surface area contributed by atoms with Crippen LogP contribution < -0.4 is 21.1 Å². The molecule has 3 rings (SSSR count). The molecule has 2 amide bonds. The molecular formula is C20H23N3O3. The van der Waals surface area contributed by atoms with Gasteiger partial charge in [0.25, 0.3) is 11.8 Å². The van der Waals surface area contributed by atoms with Gasteiger partial charge in [-0.2, -0.15) is 0 Å². The van der Waals surface area contributed by atoms with Crippen LogP contribution in [0.2, 0.25) is 0 Å². The summed E-state index contributed by atoms with van der Waals surface area (Å²) in [7, 11) is 0. The molecule has 6 nitrogen and oxygen atoms in total. The first-order valence-electron chi connectivity index (χ1n) is 8.75. The first-order valence-corrected chi connectivity index (χ1v) is 8.75. The monoisotopic (exact) mass is 353 g/mol. The number of anilines is 1. The van der Waals surface area contributed by atoms with Crippen molar-refractivity contribution in [2.45, 2.75) is 25.3 Å². The fraction of sp³-hybridized carbons (Fsp3) is 0.300. The average Bonchev–Trinajstić information content (AvgIpc) is 3.45. The van der Waals surface area contributed by atoms with Gasteiger partial charge in [0.15, 0.2) is 6.61 Å². The molecule has 2 aromatic carbocycles. The summed E-state index contributed by atoms with van der Waals surface area (Å²) < 4.78 is 5.47. The van der Waals surface area contributed by atoms with Crippen LogP contribution in [0.1, 0.15) is 28.8 Å². The zero-order valence-corrected chi connectivity index (χ0v) is 14.5. The number of amides is 2. The second-order valence-corrected chi connectivity index (χ2v) is 6.37. The number of nitrogen functional groups attached to an aromatic ring is 1. The van der Waals surface area contributed by atoms with Gasteiger partial charge in [-0.1, -0.05) is 24.3 Å². The molecule has 0 heterocycles. The van der Waals surface area contributed by atoms with Crippen LogP contribution in [0.5, 0.6) is 5.75 Å². The third-order valence-electron chi connectivity index (χ3n) is 4.14. The number of benzene rings is 2. The van der Waals surface area contributed by atoms with Gasteiger partial charge in [0, 0.05) is 18.3 Å². The van der Waals surface area contributed by atoms with Crippen LogP contribution in [0, 0.1) is 0 Å². The first-order chi connectivity index (χ1) is 12.6. The van der Waals surface area contributed by atoms with Crippen LogP contribution in [0.4, 0.5) is 5.69 Å². The van der Waals surface area contributed by atoms with Crippen molar-refractivity contribution in [1.29, 1.82) is 0 Å². The van der Waals surface area contributed by atoms with Crippen molar-refractivity contribution in [3.05, 3.63) is 59.7 Å². The van der Waals surface area contributed by atoms with Gasteiger partial charge in [0.1, 0.15) is 5.75 Å². The number of hydrogen-bond donors (Lipinski definition) is 3. The predicted octanol–water partition coefficient (Wildman–Crippen LogP) is 1.90. The van der Waals surface area contributed by atoms with Crippen LogP contribution in [0.15, 0.2) is 48.5 Å². The summed E-state index contributed by atoms with van der Waals surface area (Å²) in [5.74, 6) is 0.394. The standard InChI is InChI=1S/C20H23N3O3/c21-18-4-2-1-3-17(18)20(25)22-12-11-14-5-9-16(10-6-14)26-13-19(24)23-15-7-8-15/h1-6,9-10,15H,7-8,11-13,21H2,(H,22,25)(H,23,24). The molecule has 0 saturated heterocycles. The van der Waals surface area contributed by atoms with Gasteiger partial charge in [-0.05, 0) is 49.1 Å². The Balaban J connectivity index is 1.40. The number of nitrogens with two attached hydrogens (primary N) is 1. The molecule has 4 N–H and O–H groups in total.